The van der Waals surface area contributed by atoms with Gasteiger partial charge in [-0.2, -0.15) is 0 Å². The van der Waals surface area contributed by atoms with Crippen molar-refractivity contribution < 1.29 is 24.1 Å². The maximum atomic E-state index is 13.0. The van der Waals surface area contributed by atoms with Gasteiger partial charge in [0, 0.05) is 25.0 Å². The molecule has 1 amide bonds. The smallest absolute Gasteiger partial charge is 0.255 e. The van der Waals surface area contributed by atoms with Crippen molar-refractivity contribution in [3.63, 3.8) is 0 Å². The van der Waals surface area contributed by atoms with Crippen LogP contribution in [0.4, 0.5) is 0 Å². The Morgan fingerprint density at radius 1 is 1.36 bits per heavy atom. The summed E-state index contributed by atoms with van der Waals surface area (Å²) in [6.07, 6.45) is 1.46. The first-order chi connectivity index (χ1) is 11.8. The Labute approximate surface area is 152 Å². The third-order valence-corrected chi connectivity index (χ3v) is 4.93. The van der Waals surface area contributed by atoms with E-state index in [1.54, 1.807) is 0 Å². The largest absolute Gasteiger partial charge is 0.396 e. The van der Waals surface area contributed by atoms with Gasteiger partial charge in [-0.1, -0.05) is 40.5 Å². The molecule has 6 nitrogen and oxygen atoms in total. The second-order valence-corrected chi connectivity index (χ2v) is 7.49. The van der Waals surface area contributed by atoms with E-state index >= 15 is 0 Å². The lowest BCUT2D eigenvalue weighted by atomic mass is 9.98. The van der Waals surface area contributed by atoms with Gasteiger partial charge in [0.15, 0.2) is 6.10 Å². The molecule has 0 spiro atoms. The Morgan fingerprint density at radius 2 is 2.04 bits per heavy atom. The molecule has 6 atom stereocenters. The Balaban J connectivity index is 2.95. The molecular weight excluding hydrogens is 322 g/mol. The maximum absolute atomic E-state index is 13.0. The predicted molar refractivity (Wildman–Crippen MR) is 97.2 cm³/mol. The van der Waals surface area contributed by atoms with Gasteiger partial charge in [0.05, 0.1) is 19.3 Å². The fourth-order valence-corrected chi connectivity index (χ4v) is 2.93. The van der Waals surface area contributed by atoms with E-state index in [0.717, 1.165) is 12.8 Å². The van der Waals surface area contributed by atoms with Crippen LogP contribution in [0.5, 0.6) is 0 Å². The van der Waals surface area contributed by atoms with Gasteiger partial charge in [-0.25, -0.2) is 0 Å². The van der Waals surface area contributed by atoms with Crippen LogP contribution < -0.4 is 5.32 Å². The Hall–Kier alpha value is -0.690. The monoisotopic (exact) mass is 359 g/mol. The van der Waals surface area contributed by atoms with Crippen LogP contribution in [-0.2, 0) is 19.0 Å². The molecule has 1 saturated heterocycles. The second kappa shape index (κ2) is 10.5. The van der Waals surface area contributed by atoms with Crippen LogP contribution in [0.15, 0.2) is 0 Å². The molecule has 1 aliphatic rings. The zero-order chi connectivity index (χ0) is 19.0. The Bertz CT molecular complexity index is 401. The number of carbonyl (C=O) groups excluding carboxylic acids is 1. The zero-order valence-corrected chi connectivity index (χ0v) is 16.7. The zero-order valence-electron chi connectivity index (χ0n) is 16.7. The van der Waals surface area contributed by atoms with Crippen LogP contribution in [0.2, 0.25) is 0 Å². The van der Waals surface area contributed by atoms with Crippen molar-refractivity contribution >= 4 is 5.91 Å². The van der Waals surface area contributed by atoms with E-state index in [9.17, 15) is 9.90 Å². The fourth-order valence-electron chi connectivity index (χ4n) is 2.93. The van der Waals surface area contributed by atoms with Crippen molar-refractivity contribution in [3.8, 4) is 0 Å². The van der Waals surface area contributed by atoms with Crippen molar-refractivity contribution in [1.82, 2.24) is 5.32 Å². The molecule has 0 aromatic rings. The highest BCUT2D eigenvalue weighted by Crippen LogP contribution is 2.34. The van der Waals surface area contributed by atoms with Crippen molar-refractivity contribution in [2.75, 3.05) is 19.8 Å². The minimum absolute atomic E-state index is 0.0104. The van der Waals surface area contributed by atoms with E-state index in [1.165, 1.54) is 0 Å². The highest BCUT2D eigenvalue weighted by atomic mass is 16.8. The SMILES string of the molecule is CCCC1(C(OCC(C)CO)C(=O)NC(C)C(C)CC)OCC(C)O1. The number of aliphatic hydroxyl groups is 1. The molecule has 148 valence electrons. The second-order valence-electron chi connectivity index (χ2n) is 7.49. The molecule has 6 heteroatoms. The van der Waals surface area contributed by atoms with Crippen LogP contribution in [0.25, 0.3) is 0 Å². The molecule has 1 fully saturated rings. The molecular formula is C19H37NO5. The van der Waals surface area contributed by atoms with E-state index in [4.69, 9.17) is 14.2 Å². The van der Waals surface area contributed by atoms with Crippen molar-refractivity contribution in [2.45, 2.75) is 84.8 Å². The summed E-state index contributed by atoms with van der Waals surface area (Å²) in [7, 11) is 0. The quantitative estimate of drug-likeness (QED) is 0.593. The van der Waals surface area contributed by atoms with Gasteiger partial charge >= 0.3 is 0 Å². The van der Waals surface area contributed by atoms with Crippen molar-refractivity contribution in [3.05, 3.63) is 0 Å². The third kappa shape index (κ3) is 6.20. The van der Waals surface area contributed by atoms with Crippen LogP contribution in [0, 0.1) is 11.8 Å². The summed E-state index contributed by atoms with van der Waals surface area (Å²) < 4.78 is 17.9. The van der Waals surface area contributed by atoms with E-state index < -0.39 is 11.9 Å². The number of hydrogen-bond acceptors (Lipinski definition) is 5. The lowest BCUT2D eigenvalue weighted by Gasteiger charge is -2.36. The molecule has 0 radical (unpaired) electrons. The topological polar surface area (TPSA) is 77.0 Å². The number of nitrogens with one attached hydrogen (secondary N) is 1. The summed E-state index contributed by atoms with van der Waals surface area (Å²) in [5, 5.41) is 12.3. The summed E-state index contributed by atoms with van der Waals surface area (Å²) in [6, 6.07) is 0.0383. The molecule has 0 aliphatic carbocycles. The minimum Gasteiger partial charge on any atom is -0.396 e. The van der Waals surface area contributed by atoms with Crippen LogP contribution in [-0.4, -0.2) is 54.9 Å². The van der Waals surface area contributed by atoms with E-state index in [0.29, 0.717) is 18.9 Å². The molecule has 1 rings (SSSR count). The molecule has 0 aromatic carbocycles. The minimum atomic E-state index is -1.05. The molecule has 2 N–H and O–H groups in total. The first kappa shape index (κ1) is 22.4. The van der Waals surface area contributed by atoms with Crippen LogP contribution in [0.1, 0.15) is 60.8 Å². The van der Waals surface area contributed by atoms with Crippen molar-refractivity contribution in [1.29, 1.82) is 0 Å². The van der Waals surface area contributed by atoms with Gasteiger partial charge in [-0.15, -0.1) is 0 Å². The predicted octanol–water partition coefficient (Wildman–Crippen LogP) is 2.48. The average molecular weight is 360 g/mol. The highest BCUT2D eigenvalue weighted by molar-refractivity contribution is 5.82. The molecule has 1 heterocycles. The van der Waals surface area contributed by atoms with E-state index in [2.05, 4.69) is 19.2 Å². The Morgan fingerprint density at radius 3 is 2.52 bits per heavy atom. The normalized spacial score (nSPS) is 28.4. The molecule has 25 heavy (non-hydrogen) atoms. The average Bonchev–Trinajstić information content (AvgIpc) is 2.95. The third-order valence-electron chi connectivity index (χ3n) is 4.93. The number of rotatable bonds is 11. The molecule has 0 bridgehead atoms. The molecule has 1 aliphatic heterocycles. The summed E-state index contributed by atoms with van der Waals surface area (Å²) in [5.41, 5.74) is 0. The number of ether oxygens (including phenoxy) is 3. The molecule has 6 unspecified atom stereocenters. The standard InChI is InChI=1S/C19H37NO5/c1-7-9-19(24-12-15(5)25-19)17(23-11-13(3)10-21)18(22)20-16(6)14(4)8-2/h13-17,21H,7-12H2,1-6H3,(H,20,22). The maximum Gasteiger partial charge on any atom is 0.255 e. The fraction of sp³-hybridized carbons (Fsp3) is 0.947. The molecule has 0 aromatic heterocycles. The van der Waals surface area contributed by atoms with Crippen molar-refractivity contribution in [2.24, 2.45) is 11.8 Å². The summed E-state index contributed by atoms with van der Waals surface area (Å²) in [6.45, 7) is 12.8. The van der Waals surface area contributed by atoms with Gasteiger partial charge in [0.1, 0.15) is 0 Å². The van der Waals surface area contributed by atoms with E-state index in [1.807, 2.05) is 27.7 Å². The van der Waals surface area contributed by atoms with Gasteiger partial charge < -0.3 is 24.6 Å². The summed E-state index contributed by atoms with van der Waals surface area (Å²) >= 11 is 0. The number of carbonyl (C=O) groups is 1. The van der Waals surface area contributed by atoms with Gasteiger partial charge in [0.25, 0.3) is 5.91 Å². The number of amides is 1. The number of hydrogen-bond donors (Lipinski definition) is 2. The van der Waals surface area contributed by atoms with Crippen LogP contribution in [0.3, 0.4) is 0 Å². The first-order valence-corrected chi connectivity index (χ1v) is 9.64. The summed E-state index contributed by atoms with van der Waals surface area (Å²) in [5.74, 6) is -0.949. The van der Waals surface area contributed by atoms with Gasteiger partial charge in [-0.3, -0.25) is 4.79 Å². The lowest BCUT2D eigenvalue weighted by Crippen LogP contribution is -2.56. The summed E-state index contributed by atoms with van der Waals surface area (Å²) in [4.78, 5) is 13.0. The number of aliphatic hydroxyl groups excluding tert-OH is 1. The Kier molecular flexibility index (Phi) is 9.35. The van der Waals surface area contributed by atoms with Gasteiger partial charge in [-0.05, 0) is 19.8 Å². The van der Waals surface area contributed by atoms with Crippen LogP contribution >= 0.6 is 0 Å². The highest BCUT2D eigenvalue weighted by Gasteiger charge is 2.51. The first-order valence-electron chi connectivity index (χ1n) is 9.64. The molecule has 0 saturated carbocycles. The van der Waals surface area contributed by atoms with Gasteiger partial charge in [0.2, 0.25) is 5.79 Å². The van der Waals surface area contributed by atoms with E-state index in [-0.39, 0.29) is 37.2 Å². The lowest BCUT2D eigenvalue weighted by molar-refractivity contribution is -0.241.